The summed E-state index contributed by atoms with van der Waals surface area (Å²) in [5, 5.41) is 3.34. The second-order valence-corrected chi connectivity index (χ2v) is 7.63. The number of hydrogen-bond donors (Lipinski definition) is 2. The number of fused-ring (bicyclic) bond motifs is 1. The minimum atomic E-state index is -0.275. The van der Waals surface area contributed by atoms with Crippen LogP contribution in [0.2, 0.25) is 0 Å². The summed E-state index contributed by atoms with van der Waals surface area (Å²) < 4.78 is 12.9. The van der Waals surface area contributed by atoms with Gasteiger partial charge in [-0.1, -0.05) is 0 Å². The Morgan fingerprint density at radius 2 is 1.88 bits per heavy atom. The highest BCUT2D eigenvalue weighted by Crippen LogP contribution is 2.23. The fourth-order valence-corrected chi connectivity index (χ4v) is 3.43. The van der Waals surface area contributed by atoms with Gasteiger partial charge in [0.25, 0.3) is 11.5 Å². The standard InChI is InChI=1S/C24H22N4O4S/c1-3-31-17-5-7-18(8-6-17)32-21-12-15(10-11-25-21)14-26-22(29)16-4-9-19-20(13-16)27-24(33)28(2)23(19)30/h4-13H,3,14H2,1-2H3,(H,26,29)(H,27,33). The molecule has 4 rings (SSSR count). The van der Waals surface area contributed by atoms with Crippen LogP contribution in [0.3, 0.4) is 0 Å². The minimum Gasteiger partial charge on any atom is -0.494 e. The van der Waals surface area contributed by atoms with Gasteiger partial charge in [-0.25, -0.2) is 4.98 Å². The average molecular weight is 463 g/mol. The van der Waals surface area contributed by atoms with Crippen molar-refractivity contribution in [3.05, 3.63) is 87.0 Å². The molecule has 0 unspecified atom stereocenters. The van der Waals surface area contributed by atoms with Gasteiger partial charge in [-0.3, -0.25) is 14.2 Å². The van der Waals surface area contributed by atoms with Crippen molar-refractivity contribution < 1.29 is 14.3 Å². The van der Waals surface area contributed by atoms with Gasteiger partial charge in [0.2, 0.25) is 5.88 Å². The van der Waals surface area contributed by atoms with Crippen molar-refractivity contribution in [2.24, 2.45) is 7.05 Å². The molecule has 0 saturated carbocycles. The third kappa shape index (κ3) is 5.09. The number of carbonyl (C=O) groups excluding carboxylic acids is 1. The topological polar surface area (TPSA) is 98.2 Å². The zero-order valence-electron chi connectivity index (χ0n) is 18.1. The van der Waals surface area contributed by atoms with Crippen LogP contribution in [0.25, 0.3) is 10.9 Å². The molecule has 2 aromatic carbocycles. The molecule has 4 aromatic rings. The van der Waals surface area contributed by atoms with E-state index in [0.717, 1.165) is 11.3 Å². The number of carbonyl (C=O) groups is 1. The fourth-order valence-electron chi connectivity index (χ4n) is 3.24. The van der Waals surface area contributed by atoms with Crippen molar-refractivity contribution >= 4 is 29.0 Å². The molecule has 0 saturated heterocycles. The van der Waals surface area contributed by atoms with Gasteiger partial charge >= 0.3 is 0 Å². The van der Waals surface area contributed by atoms with Crippen LogP contribution < -0.4 is 20.3 Å². The van der Waals surface area contributed by atoms with Crippen LogP contribution in [0.5, 0.6) is 17.4 Å². The van der Waals surface area contributed by atoms with E-state index in [-0.39, 0.29) is 18.0 Å². The molecule has 0 aliphatic heterocycles. The average Bonchev–Trinajstić information content (AvgIpc) is 2.82. The number of nitrogens with zero attached hydrogens (tertiary/aromatic N) is 2. The van der Waals surface area contributed by atoms with Crippen LogP contribution in [0.1, 0.15) is 22.8 Å². The van der Waals surface area contributed by atoms with Gasteiger partial charge in [-0.05, 0) is 73.2 Å². The number of aromatic amines is 1. The van der Waals surface area contributed by atoms with E-state index in [1.54, 1.807) is 55.7 Å². The van der Waals surface area contributed by atoms with Gasteiger partial charge in [0.15, 0.2) is 4.77 Å². The van der Waals surface area contributed by atoms with E-state index in [0.29, 0.717) is 39.5 Å². The first-order valence-electron chi connectivity index (χ1n) is 10.3. The summed E-state index contributed by atoms with van der Waals surface area (Å²) >= 11 is 5.15. The zero-order chi connectivity index (χ0) is 23.4. The molecule has 1 amide bonds. The predicted molar refractivity (Wildman–Crippen MR) is 127 cm³/mol. The Kier molecular flexibility index (Phi) is 6.50. The Morgan fingerprint density at radius 3 is 2.64 bits per heavy atom. The lowest BCUT2D eigenvalue weighted by molar-refractivity contribution is 0.0951. The summed E-state index contributed by atoms with van der Waals surface area (Å²) in [6, 6.07) is 15.7. The van der Waals surface area contributed by atoms with Crippen molar-refractivity contribution in [1.29, 1.82) is 0 Å². The van der Waals surface area contributed by atoms with E-state index in [2.05, 4.69) is 15.3 Å². The largest absolute Gasteiger partial charge is 0.494 e. The van der Waals surface area contributed by atoms with Gasteiger partial charge in [0.1, 0.15) is 11.5 Å². The Balaban J connectivity index is 1.44. The first-order valence-corrected chi connectivity index (χ1v) is 10.7. The molecule has 0 bridgehead atoms. The van der Waals surface area contributed by atoms with Gasteiger partial charge in [0, 0.05) is 31.4 Å². The maximum Gasteiger partial charge on any atom is 0.261 e. The molecular weight excluding hydrogens is 440 g/mol. The highest BCUT2D eigenvalue weighted by atomic mass is 32.1. The Bertz CT molecular complexity index is 1430. The van der Waals surface area contributed by atoms with Crippen LogP contribution in [0.4, 0.5) is 0 Å². The number of benzene rings is 2. The molecule has 168 valence electrons. The quantitative estimate of drug-likeness (QED) is 0.401. The second kappa shape index (κ2) is 9.66. The summed E-state index contributed by atoms with van der Waals surface area (Å²) in [6.07, 6.45) is 1.62. The van der Waals surface area contributed by atoms with Crippen LogP contribution in [0, 0.1) is 4.77 Å². The molecular formula is C24H22N4O4S. The molecule has 2 aromatic heterocycles. The van der Waals surface area contributed by atoms with Crippen molar-refractivity contribution in [3.8, 4) is 17.4 Å². The van der Waals surface area contributed by atoms with Crippen LogP contribution in [0.15, 0.2) is 65.6 Å². The third-order valence-electron chi connectivity index (χ3n) is 4.97. The summed E-state index contributed by atoms with van der Waals surface area (Å²) in [6.45, 7) is 2.81. The second-order valence-electron chi connectivity index (χ2n) is 7.25. The van der Waals surface area contributed by atoms with E-state index in [1.165, 1.54) is 4.57 Å². The Labute approximate surface area is 194 Å². The smallest absolute Gasteiger partial charge is 0.261 e. The van der Waals surface area contributed by atoms with Crippen molar-refractivity contribution in [1.82, 2.24) is 19.9 Å². The van der Waals surface area contributed by atoms with E-state index in [9.17, 15) is 9.59 Å². The molecule has 9 heteroatoms. The van der Waals surface area contributed by atoms with Crippen LogP contribution in [-0.2, 0) is 13.6 Å². The highest BCUT2D eigenvalue weighted by Gasteiger charge is 2.10. The number of pyridine rings is 1. The normalized spacial score (nSPS) is 10.7. The Morgan fingerprint density at radius 1 is 1.12 bits per heavy atom. The summed E-state index contributed by atoms with van der Waals surface area (Å²) in [7, 11) is 1.60. The third-order valence-corrected chi connectivity index (χ3v) is 5.35. The molecule has 33 heavy (non-hydrogen) atoms. The minimum absolute atomic E-state index is 0.211. The van der Waals surface area contributed by atoms with Gasteiger partial charge in [0.05, 0.1) is 17.5 Å². The zero-order valence-corrected chi connectivity index (χ0v) is 18.9. The lowest BCUT2D eigenvalue weighted by Crippen LogP contribution is -2.23. The fraction of sp³-hybridized carbons (Fsp3) is 0.167. The number of hydrogen-bond acceptors (Lipinski definition) is 6. The van der Waals surface area contributed by atoms with E-state index in [4.69, 9.17) is 21.7 Å². The maximum absolute atomic E-state index is 12.7. The number of amides is 1. The highest BCUT2D eigenvalue weighted by molar-refractivity contribution is 7.71. The Hall–Kier alpha value is -3.98. The number of rotatable bonds is 7. The number of aromatic nitrogens is 3. The molecule has 8 nitrogen and oxygen atoms in total. The molecule has 0 radical (unpaired) electrons. The molecule has 2 heterocycles. The van der Waals surface area contributed by atoms with Gasteiger partial charge in [-0.15, -0.1) is 0 Å². The lowest BCUT2D eigenvalue weighted by Gasteiger charge is -2.09. The summed E-state index contributed by atoms with van der Waals surface area (Å²) in [4.78, 5) is 32.2. The van der Waals surface area contributed by atoms with Crippen molar-refractivity contribution in [3.63, 3.8) is 0 Å². The number of nitrogens with one attached hydrogen (secondary N) is 2. The molecule has 0 atom stereocenters. The molecule has 0 spiro atoms. The van der Waals surface area contributed by atoms with Crippen LogP contribution >= 0.6 is 12.2 Å². The van der Waals surface area contributed by atoms with Crippen LogP contribution in [-0.4, -0.2) is 27.0 Å². The van der Waals surface area contributed by atoms with Gasteiger partial charge < -0.3 is 19.8 Å². The lowest BCUT2D eigenvalue weighted by atomic mass is 10.1. The van der Waals surface area contributed by atoms with E-state index < -0.39 is 0 Å². The number of ether oxygens (including phenoxy) is 2. The maximum atomic E-state index is 12.7. The van der Waals surface area contributed by atoms with E-state index >= 15 is 0 Å². The molecule has 0 aliphatic carbocycles. The summed E-state index contributed by atoms with van der Waals surface area (Å²) in [5.41, 5.74) is 1.55. The first kappa shape index (κ1) is 22.2. The molecule has 2 N–H and O–H groups in total. The predicted octanol–water partition coefficient (Wildman–Crippen LogP) is 4.11. The van der Waals surface area contributed by atoms with Crippen molar-refractivity contribution in [2.45, 2.75) is 13.5 Å². The van der Waals surface area contributed by atoms with E-state index in [1.807, 2.05) is 19.1 Å². The number of H-pyrrole nitrogens is 1. The molecule has 0 fully saturated rings. The van der Waals surface area contributed by atoms with Crippen molar-refractivity contribution in [2.75, 3.05) is 6.61 Å². The summed E-state index contributed by atoms with van der Waals surface area (Å²) in [5.74, 6) is 1.54. The monoisotopic (exact) mass is 462 g/mol. The molecule has 0 aliphatic rings. The first-order chi connectivity index (χ1) is 15.9. The SMILES string of the molecule is CCOc1ccc(Oc2cc(CNC(=O)c3ccc4c(=O)n(C)c(=S)[nH]c4c3)ccn2)cc1. The van der Waals surface area contributed by atoms with Gasteiger partial charge in [-0.2, -0.15) is 0 Å².